The summed E-state index contributed by atoms with van der Waals surface area (Å²) in [5, 5.41) is 9.35. The Morgan fingerprint density at radius 3 is 2.65 bits per heavy atom. The summed E-state index contributed by atoms with van der Waals surface area (Å²) >= 11 is 3.06. The maximum Gasteiger partial charge on any atom is 0.234 e. The number of hydrogen-bond donors (Lipinski definition) is 1. The Morgan fingerprint density at radius 1 is 1.24 bits per heavy atom. The fourth-order valence-corrected chi connectivity index (χ4v) is 1.77. The molecule has 0 saturated heterocycles. The molecule has 0 unspecified atom stereocenters. The van der Waals surface area contributed by atoms with Gasteiger partial charge in [-0.2, -0.15) is 0 Å². The summed E-state index contributed by atoms with van der Waals surface area (Å²) in [5.74, 6) is -0.786. The second-order valence-electron chi connectivity index (χ2n) is 3.36. The zero-order valence-electron chi connectivity index (χ0n) is 8.52. The number of rotatable bonds is 1. The van der Waals surface area contributed by atoms with Crippen LogP contribution in [0.15, 0.2) is 45.8 Å². The molecule has 1 N–H and O–H groups in total. The standard InChI is InChI=1S/C12H7BrFNO2/c13-9-5-7(1-4-11(16)12(9)17)10-3-2-8(14)6-15-10/h1-6H,(H,16,17). The van der Waals surface area contributed by atoms with Crippen molar-refractivity contribution in [2.24, 2.45) is 0 Å². The summed E-state index contributed by atoms with van der Waals surface area (Å²) in [6.07, 6.45) is 1.09. The molecule has 2 aromatic rings. The van der Waals surface area contributed by atoms with Crippen molar-refractivity contribution in [2.45, 2.75) is 0 Å². The molecule has 0 bridgehead atoms. The molecule has 0 radical (unpaired) electrons. The van der Waals surface area contributed by atoms with E-state index in [1.165, 1.54) is 24.3 Å². The molecule has 86 valence electrons. The molecule has 17 heavy (non-hydrogen) atoms. The van der Waals surface area contributed by atoms with Crippen molar-refractivity contribution < 1.29 is 9.50 Å². The van der Waals surface area contributed by atoms with Crippen LogP contribution in [-0.4, -0.2) is 10.1 Å². The van der Waals surface area contributed by atoms with Gasteiger partial charge in [0.15, 0.2) is 5.75 Å². The third-order valence-electron chi connectivity index (χ3n) is 2.18. The average molecular weight is 296 g/mol. The van der Waals surface area contributed by atoms with E-state index in [9.17, 15) is 14.3 Å². The maximum absolute atomic E-state index is 12.7. The molecule has 3 nitrogen and oxygen atoms in total. The van der Waals surface area contributed by atoms with Gasteiger partial charge in [-0.3, -0.25) is 9.78 Å². The van der Waals surface area contributed by atoms with Crippen molar-refractivity contribution in [3.63, 3.8) is 0 Å². The molecule has 2 rings (SSSR count). The van der Waals surface area contributed by atoms with Crippen LogP contribution in [0.3, 0.4) is 0 Å². The fraction of sp³-hybridized carbons (Fsp3) is 0. The molecule has 0 spiro atoms. The van der Waals surface area contributed by atoms with E-state index in [4.69, 9.17) is 0 Å². The predicted molar refractivity (Wildman–Crippen MR) is 65.3 cm³/mol. The van der Waals surface area contributed by atoms with Crippen LogP contribution in [-0.2, 0) is 0 Å². The third-order valence-corrected chi connectivity index (χ3v) is 2.76. The minimum absolute atomic E-state index is 0.223. The molecule has 1 aromatic carbocycles. The Labute approximate surface area is 105 Å². The van der Waals surface area contributed by atoms with Gasteiger partial charge in [0.25, 0.3) is 0 Å². The van der Waals surface area contributed by atoms with Crippen molar-refractivity contribution in [2.75, 3.05) is 0 Å². The first-order chi connectivity index (χ1) is 8.08. The summed E-state index contributed by atoms with van der Waals surface area (Å²) in [4.78, 5) is 15.3. The van der Waals surface area contributed by atoms with Crippen LogP contribution in [0, 0.1) is 5.82 Å². The van der Waals surface area contributed by atoms with E-state index >= 15 is 0 Å². The van der Waals surface area contributed by atoms with Gasteiger partial charge in [0.2, 0.25) is 5.43 Å². The van der Waals surface area contributed by atoms with Gasteiger partial charge in [-0.05, 0) is 46.3 Å². The van der Waals surface area contributed by atoms with Crippen LogP contribution in [0.25, 0.3) is 11.3 Å². The van der Waals surface area contributed by atoms with E-state index in [2.05, 4.69) is 20.9 Å². The molecule has 5 heteroatoms. The Morgan fingerprint density at radius 2 is 2.00 bits per heavy atom. The molecule has 0 amide bonds. The van der Waals surface area contributed by atoms with Crippen LogP contribution < -0.4 is 5.43 Å². The monoisotopic (exact) mass is 295 g/mol. The third kappa shape index (κ3) is 2.50. The lowest BCUT2D eigenvalue weighted by atomic mass is 10.2. The lowest BCUT2D eigenvalue weighted by Crippen LogP contribution is -1.95. The van der Waals surface area contributed by atoms with Gasteiger partial charge < -0.3 is 5.11 Å². The summed E-state index contributed by atoms with van der Waals surface area (Å²) in [6.45, 7) is 0. The van der Waals surface area contributed by atoms with E-state index in [-0.39, 0.29) is 10.2 Å². The number of pyridine rings is 1. The maximum atomic E-state index is 12.7. The minimum Gasteiger partial charge on any atom is -0.504 e. The van der Waals surface area contributed by atoms with E-state index in [1.807, 2.05) is 0 Å². The first-order valence-electron chi connectivity index (χ1n) is 4.72. The van der Waals surface area contributed by atoms with Gasteiger partial charge in [0, 0.05) is 5.56 Å². The Balaban J connectivity index is 2.62. The summed E-state index contributed by atoms with van der Waals surface area (Å²) in [6, 6.07) is 7.14. The van der Waals surface area contributed by atoms with Gasteiger partial charge in [-0.25, -0.2) is 4.39 Å². The smallest absolute Gasteiger partial charge is 0.234 e. The second kappa shape index (κ2) is 4.63. The molecule has 0 aliphatic rings. The van der Waals surface area contributed by atoms with Crippen LogP contribution in [0.4, 0.5) is 4.39 Å². The Kier molecular flexibility index (Phi) is 3.19. The van der Waals surface area contributed by atoms with E-state index in [1.54, 1.807) is 6.07 Å². The normalized spacial score (nSPS) is 10.2. The molecule has 1 aromatic heterocycles. The number of nitrogens with zero attached hydrogens (tertiary/aromatic N) is 1. The van der Waals surface area contributed by atoms with Crippen molar-refractivity contribution in [1.29, 1.82) is 0 Å². The van der Waals surface area contributed by atoms with Gasteiger partial charge in [0.1, 0.15) is 5.82 Å². The van der Waals surface area contributed by atoms with Crippen molar-refractivity contribution >= 4 is 15.9 Å². The second-order valence-corrected chi connectivity index (χ2v) is 4.21. The highest BCUT2D eigenvalue weighted by Gasteiger charge is 2.04. The van der Waals surface area contributed by atoms with E-state index in [0.717, 1.165) is 6.20 Å². The Bertz CT molecular complexity index is 614. The van der Waals surface area contributed by atoms with Gasteiger partial charge in [-0.15, -0.1) is 0 Å². The molecule has 1 heterocycles. The topological polar surface area (TPSA) is 50.2 Å². The van der Waals surface area contributed by atoms with Crippen LogP contribution in [0.1, 0.15) is 0 Å². The van der Waals surface area contributed by atoms with Gasteiger partial charge >= 0.3 is 0 Å². The SMILES string of the molecule is O=c1c(O)ccc(-c2ccc(F)cn2)cc1Br. The molecule has 0 aliphatic heterocycles. The number of aromatic hydroxyl groups is 1. The number of hydrogen-bond acceptors (Lipinski definition) is 3. The first kappa shape index (κ1) is 11.7. The zero-order valence-corrected chi connectivity index (χ0v) is 10.1. The van der Waals surface area contributed by atoms with Crippen molar-refractivity contribution in [3.05, 3.63) is 57.0 Å². The van der Waals surface area contributed by atoms with E-state index in [0.29, 0.717) is 11.3 Å². The highest BCUT2D eigenvalue weighted by molar-refractivity contribution is 9.10. The molecular formula is C12H7BrFNO2. The zero-order chi connectivity index (χ0) is 12.4. The Hall–Kier alpha value is -1.75. The summed E-state index contributed by atoms with van der Waals surface area (Å²) in [7, 11) is 0. The minimum atomic E-state index is -0.502. The largest absolute Gasteiger partial charge is 0.504 e. The van der Waals surface area contributed by atoms with Gasteiger partial charge in [-0.1, -0.05) is 0 Å². The molecule has 0 saturated carbocycles. The lowest BCUT2D eigenvalue weighted by molar-refractivity contribution is 0.470. The van der Waals surface area contributed by atoms with Crippen molar-refractivity contribution in [1.82, 2.24) is 4.98 Å². The van der Waals surface area contributed by atoms with Crippen LogP contribution in [0.5, 0.6) is 5.75 Å². The van der Waals surface area contributed by atoms with E-state index < -0.39 is 11.2 Å². The summed E-state index contributed by atoms with van der Waals surface area (Å²) < 4.78 is 12.9. The number of aromatic nitrogens is 1. The highest BCUT2D eigenvalue weighted by Crippen LogP contribution is 2.20. The number of halogens is 2. The molecule has 0 fully saturated rings. The quantitative estimate of drug-likeness (QED) is 0.880. The molecular weight excluding hydrogens is 289 g/mol. The summed E-state index contributed by atoms with van der Waals surface area (Å²) in [5.41, 5.74) is 0.620. The van der Waals surface area contributed by atoms with Crippen molar-refractivity contribution in [3.8, 4) is 17.0 Å². The fourth-order valence-electron chi connectivity index (χ4n) is 1.32. The lowest BCUT2D eigenvalue weighted by Gasteiger charge is -1.97. The molecule has 0 aliphatic carbocycles. The van der Waals surface area contributed by atoms with Crippen LogP contribution in [0.2, 0.25) is 0 Å². The highest BCUT2D eigenvalue weighted by atomic mass is 79.9. The van der Waals surface area contributed by atoms with Gasteiger partial charge in [0.05, 0.1) is 16.4 Å². The molecule has 0 atom stereocenters. The first-order valence-corrected chi connectivity index (χ1v) is 5.52. The predicted octanol–water partition coefficient (Wildman–Crippen LogP) is 2.72. The average Bonchev–Trinajstić information content (AvgIpc) is 2.44. The van der Waals surface area contributed by atoms with Crippen LogP contribution >= 0.6 is 15.9 Å².